The van der Waals surface area contributed by atoms with Crippen molar-refractivity contribution in [3.63, 3.8) is 0 Å². The zero-order valence-corrected chi connectivity index (χ0v) is 15.3. The normalized spacial score (nSPS) is 10.9. The van der Waals surface area contributed by atoms with E-state index in [-0.39, 0.29) is 5.91 Å². The van der Waals surface area contributed by atoms with E-state index < -0.39 is 0 Å². The number of hydrogen-bond donors (Lipinski definition) is 1. The fraction of sp³-hybridized carbons (Fsp3) is 0.130. The molecule has 0 radical (unpaired) electrons. The number of carbonyl (C=O) groups excluding carboxylic acids is 1. The molecule has 27 heavy (non-hydrogen) atoms. The third-order valence-corrected chi connectivity index (χ3v) is 4.79. The molecule has 4 rings (SSSR count). The van der Waals surface area contributed by atoms with Crippen molar-refractivity contribution in [1.29, 1.82) is 0 Å². The molecule has 134 valence electrons. The van der Waals surface area contributed by atoms with Gasteiger partial charge in [0, 0.05) is 17.2 Å². The highest BCUT2D eigenvalue weighted by atomic mass is 16.5. The van der Waals surface area contributed by atoms with E-state index in [0.717, 1.165) is 16.5 Å². The fourth-order valence-electron chi connectivity index (χ4n) is 3.03. The molecule has 0 unspecified atom stereocenters. The molecule has 3 aromatic carbocycles. The second-order valence-electron chi connectivity index (χ2n) is 6.73. The van der Waals surface area contributed by atoms with Crippen LogP contribution < -0.4 is 5.32 Å². The van der Waals surface area contributed by atoms with Crippen molar-refractivity contribution in [2.45, 2.75) is 20.4 Å². The Labute approximate surface area is 157 Å². The van der Waals surface area contributed by atoms with Crippen molar-refractivity contribution in [2.75, 3.05) is 0 Å². The number of aryl methyl sites for hydroxylation is 2. The van der Waals surface area contributed by atoms with Crippen LogP contribution in [0, 0.1) is 13.8 Å². The smallest absolute Gasteiger partial charge is 0.251 e. The first-order valence-corrected chi connectivity index (χ1v) is 8.90. The highest BCUT2D eigenvalue weighted by Gasteiger charge is 2.10. The second-order valence-corrected chi connectivity index (χ2v) is 6.73. The lowest BCUT2D eigenvalue weighted by Crippen LogP contribution is -2.23. The lowest BCUT2D eigenvalue weighted by atomic mass is 10.1. The standard InChI is InChI=1S/C23H20N2O2/c1-15-7-8-20(11-16(15)2)23(26)24-14-21-13-22(27-25-21)19-10-9-17-5-3-4-6-18(17)12-19/h3-13H,14H2,1-2H3,(H,24,26). The van der Waals surface area contributed by atoms with E-state index in [1.54, 1.807) is 0 Å². The van der Waals surface area contributed by atoms with Crippen molar-refractivity contribution < 1.29 is 9.32 Å². The van der Waals surface area contributed by atoms with Crippen molar-refractivity contribution >= 4 is 16.7 Å². The van der Waals surface area contributed by atoms with Gasteiger partial charge in [-0.15, -0.1) is 0 Å². The van der Waals surface area contributed by atoms with Gasteiger partial charge in [-0.1, -0.05) is 47.6 Å². The quantitative estimate of drug-likeness (QED) is 0.557. The summed E-state index contributed by atoms with van der Waals surface area (Å²) in [5, 5.41) is 9.31. The minimum absolute atomic E-state index is 0.117. The SMILES string of the molecule is Cc1ccc(C(=O)NCc2cc(-c3ccc4ccccc4c3)on2)cc1C. The van der Waals surface area contributed by atoms with E-state index in [4.69, 9.17) is 4.52 Å². The van der Waals surface area contributed by atoms with Gasteiger partial charge in [0.1, 0.15) is 5.69 Å². The van der Waals surface area contributed by atoms with Crippen LogP contribution in [0.1, 0.15) is 27.2 Å². The van der Waals surface area contributed by atoms with Gasteiger partial charge in [0.2, 0.25) is 0 Å². The van der Waals surface area contributed by atoms with Gasteiger partial charge in [-0.25, -0.2) is 0 Å². The average Bonchev–Trinajstić information content (AvgIpc) is 3.17. The monoisotopic (exact) mass is 356 g/mol. The molecule has 1 heterocycles. The minimum Gasteiger partial charge on any atom is -0.356 e. The van der Waals surface area contributed by atoms with Gasteiger partial charge in [-0.2, -0.15) is 0 Å². The number of amides is 1. The molecule has 0 spiro atoms. The van der Waals surface area contributed by atoms with Crippen molar-refractivity contribution in [3.05, 3.63) is 89.1 Å². The van der Waals surface area contributed by atoms with Crippen molar-refractivity contribution in [2.24, 2.45) is 0 Å². The molecule has 4 nitrogen and oxygen atoms in total. The van der Waals surface area contributed by atoms with Crippen LogP contribution in [-0.2, 0) is 6.54 Å². The Morgan fingerprint density at radius 3 is 2.56 bits per heavy atom. The summed E-state index contributed by atoms with van der Waals surface area (Å²) >= 11 is 0. The number of hydrogen-bond acceptors (Lipinski definition) is 3. The molecule has 4 aromatic rings. The number of nitrogens with one attached hydrogen (secondary N) is 1. The molecule has 0 aliphatic heterocycles. The predicted molar refractivity (Wildman–Crippen MR) is 107 cm³/mol. The first-order valence-electron chi connectivity index (χ1n) is 8.90. The first-order chi connectivity index (χ1) is 13.1. The van der Waals surface area contributed by atoms with Gasteiger partial charge < -0.3 is 9.84 Å². The summed E-state index contributed by atoms with van der Waals surface area (Å²) < 4.78 is 5.47. The summed E-state index contributed by atoms with van der Waals surface area (Å²) in [4.78, 5) is 12.3. The Hall–Kier alpha value is -3.40. The molecule has 0 aliphatic carbocycles. The highest BCUT2D eigenvalue weighted by molar-refractivity contribution is 5.94. The number of rotatable bonds is 4. The molecule has 0 bridgehead atoms. The molecule has 1 N–H and O–H groups in total. The van der Waals surface area contributed by atoms with E-state index in [1.807, 2.05) is 56.3 Å². The number of carbonyl (C=O) groups is 1. The minimum atomic E-state index is -0.117. The molecule has 0 saturated heterocycles. The van der Waals surface area contributed by atoms with E-state index in [9.17, 15) is 4.79 Å². The summed E-state index contributed by atoms with van der Waals surface area (Å²) in [6, 6.07) is 21.9. The predicted octanol–water partition coefficient (Wildman–Crippen LogP) is 5.04. The van der Waals surface area contributed by atoms with Crippen LogP contribution in [0.15, 0.2) is 71.3 Å². The Kier molecular flexibility index (Phi) is 4.47. The van der Waals surface area contributed by atoms with Gasteiger partial charge in [-0.3, -0.25) is 4.79 Å². The number of fused-ring (bicyclic) bond motifs is 1. The maximum Gasteiger partial charge on any atom is 0.251 e. The van der Waals surface area contributed by atoms with E-state index in [1.165, 1.54) is 10.9 Å². The third kappa shape index (κ3) is 3.60. The van der Waals surface area contributed by atoms with Crippen LogP contribution in [-0.4, -0.2) is 11.1 Å². The summed E-state index contributed by atoms with van der Waals surface area (Å²) in [5.74, 6) is 0.574. The van der Waals surface area contributed by atoms with Gasteiger partial charge >= 0.3 is 0 Å². The van der Waals surface area contributed by atoms with Crippen LogP contribution >= 0.6 is 0 Å². The molecular formula is C23H20N2O2. The molecule has 0 aliphatic rings. The lowest BCUT2D eigenvalue weighted by molar-refractivity contribution is 0.0950. The van der Waals surface area contributed by atoms with Crippen molar-refractivity contribution in [3.8, 4) is 11.3 Å². The van der Waals surface area contributed by atoms with Crippen LogP contribution in [0.2, 0.25) is 0 Å². The van der Waals surface area contributed by atoms with Gasteiger partial charge in [0.25, 0.3) is 5.91 Å². The van der Waals surface area contributed by atoms with Gasteiger partial charge in [0.05, 0.1) is 6.54 Å². The zero-order chi connectivity index (χ0) is 18.8. The number of nitrogens with zero attached hydrogens (tertiary/aromatic N) is 1. The van der Waals surface area contributed by atoms with E-state index >= 15 is 0 Å². The van der Waals surface area contributed by atoms with E-state index in [2.05, 4.69) is 34.7 Å². The van der Waals surface area contributed by atoms with Gasteiger partial charge in [0.15, 0.2) is 5.76 Å². The Morgan fingerprint density at radius 2 is 1.74 bits per heavy atom. The molecule has 0 fully saturated rings. The summed E-state index contributed by atoms with van der Waals surface area (Å²) in [6.07, 6.45) is 0. The summed E-state index contributed by atoms with van der Waals surface area (Å²) in [7, 11) is 0. The molecule has 1 amide bonds. The van der Waals surface area contributed by atoms with Crippen LogP contribution in [0.4, 0.5) is 0 Å². The summed E-state index contributed by atoms with van der Waals surface area (Å²) in [5.41, 5.74) is 4.57. The van der Waals surface area contributed by atoms with Crippen LogP contribution in [0.3, 0.4) is 0 Å². The molecule has 0 saturated carbocycles. The van der Waals surface area contributed by atoms with Crippen molar-refractivity contribution in [1.82, 2.24) is 10.5 Å². The number of aromatic nitrogens is 1. The molecule has 4 heteroatoms. The maximum atomic E-state index is 12.3. The number of benzene rings is 3. The second kappa shape index (κ2) is 7.08. The van der Waals surface area contributed by atoms with E-state index in [0.29, 0.717) is 23.6 Å². The largest absolute Gasteiger partial charge is 0.356 e. The third-order valence-electron chi connectivity index (χ3n) is 4.79. The zero-order valence-electron chi connectivity index (χ0n) is 15.3. The first kappa shape index (κ1) is 17.0. The Balaban J connectivity index is 1.47. The molecule has 0 atom stereocenters. The molecule has 1 aromatic heterocycles. The topological polar surface area (TPSA) is 55.1 Å². The fourth-order valence-corrected chi connectivity index (χ4v) is 3.03. The van der Waals surface area contributed by atoms with Crippen LogP contribution in [0.5, 0.6) is 0 Å². The van der Waals surface area contributed by atoms with Gasteiger partial charge in [-0.05, 0) is 53.9 Å². The maximum absolute atomic E-state index is 12.3. The lowest BCUT2D eigenvalue weighted by Gasteiger charge is -2.05. The highest BCUT2D eigenvalue weighted by Crippen LogP contribution is 2.25. The summed E-state index contributed by atoms with van der Waals surface area (Å²) in [6.45, 7) is 4.35. The van der Waals surface area contributed by atoms with Crippen LogP contribution in [0.25, 0.3) is 22.1 Å². The Morgan fingerprint density at radius 1 is 0.926 bits per heavy atom. The molecular weight excluding hydrogens is 336 g/mol. The Bertz CT molecular complexity index is 1130. The average molecular weight is 356 g/mol.